The zero-order valence-corrected chi connectivity index (χ0v) is 15.2. The quantitative estimate of drug-likeness (QED) is 0.775. The Labute approximate surface area is 154 Å². The number of halogens is 2. The van der Waals surface area contributed by atoms with E-state index >= 15 is 0 Å². The standard InChI is InChI=1S/C16H14Cl2N2O3S/c1-22-10-4-5-11(14(8-10)23-2)15(21)20-16(24)19-13-6-3-9(17)7-12(13)18/h3-8H,1-2H3,(H2,19,20,21,24). The van der Waals surface area contributed by atoms with E-state index < -0.39 is 5.91 Å². The highest BCUT2D eigenvalue weighted by Gasteiger charge is 2.15. The monoisotopic (exact) mass is 384 g/mol. The van der Waals surface area contributed by atoms with Gasteiger partial charge < -0.3 is 14.8 Å². The van der Waals surface area contributed by atoms with Gasteiger partial charge in [0, 0.05) is 11.1 Å². The molecule has 0 bridgehead atoms. The van der Waals surface area contributed by atoms with Gasteiger partial charge in [-0.3, -0.25) is 10.1 Å². The van der Waals surface area contributed by atoms with Crippen LogP contribution in [0.5, 0.6) is 11.5 Å². The average molecular weight is 385 g/mol. The molecule has 8 heteroatoms. The maximum atomic E-state index is 12.4. The van der Waals surface area contributed by atoms with E-state index in [4.69, 9.17) is 44.9 Å². The lowest BCUT2D eigenvalue weighted by Crippen LogP contribution is -2.34. The lowest BCUT2D eigenvalue weighted by atomic mass is 10.2. The first-order chi connectivity index (χ1) is 11.4. The third kappa shape index (κ3) is 4.50. The van der Waals surface area contributed by atoms with Crippen LogP contribution in [0.3, 0.4) is 0 Å². The molecule has 0 radical (unpaired) electrons. The second-order valence-electron chi connectivity index (χ2n) is 4.60. The Bertz CT molecular complexity index is 784. The molecule has 2 rings (SSSR count). The van der Waals surface area contributed by atoms with Crippen LogP contribution in [0.1, 0.15) is 10.4 Å². The normalized spacial score (nSPS) is 10.0. The summed E-state index contributed by atoms with van der Waals surface area (Å²) >= 11 is 17.0. The highest BCUT2D eigenvalue weighted by molar-refractivity contribution is 7.80. The summed E-state index contributed by atoms with van der Waals surface area (Å²) in [5.41, 5.74) is 0.859. The van der Waals surface area contributed by atoms with Crippen LogP contribution in [0.4, 0.5) is 5.69 Å². The third-order valence-corrected chi connectivity index (χ3v) is 3.81. The molecule has 24 heavy (non-hydrogen) atoms. The number of nitrogens with one attached hydrogen (secondary N) is 2. The van der Waals surface area contributed by atoms with Gasteiger partial charge >= 0.3 is 0 Å². The lowest BCUT2D eigenvalue weighted by Gasteiger charge is -2.13. The first-order valence-electron chi connectivity index (χ1n) is 6.74. The van der Waals surface area contributed by atoms with E-state index in [0.29, 0.717) is 32.8 Å². The van der Waals surface area contributed by atoms with Gasteiger partial charge in [-0.15, -0.1) is 0 Å². The molecule has 5 nitrogen and oxygen atoms in total. The minimum atomic E-state index is -0.419. The fraction of sp³-hybridized carbons (Fsp3) is 0.125. The number of hydrogen-bond acceptors (Lipinski definition) is 4. The molecule has 0 unspecified atom stereocenters. The number of thiocarbonyl (C=S) groups is 1. The van der Waals surface area contributed by atoms with Crippen molar-refractivity contribution in [3.05, 3.63) is 52.0 Å². The molecule has 126 valence electrons. The minimum Gasteiger partial charge on any atom is -0.497 e. The molecular formula is C16H14Cl2N2O3S. The van der Waals surface area contributed by atoms with Crippen LogP contribution in [-0.2, 0) is 0 Å². The van der Waals surface area contributed by atoms with Crippen molar-refractivity contribution < 1.29 is 14.3 Å². The number of rotatable bonds is 4. The van der Waals surface area contributed by atoms with Crippen molar-refractivity contribution in [1.29, 1.82) is 0 Å². The number of carbonyl (C=O) groups is 1. The van der Waals surface area contributed by atoms with Crippen LogP contribution in [-0.4, -0.2) is 25.2 Å². The first kappa shape index (κ1) is 18.3. The summed E-state index contributed by atoms with van der Waals surface area (Å²) in [5, 5.41) is 6.40. The molecule has 0 aliphatic rings. The Balaban J connectivity index is 2.10. The van der Waals surface area contributed by atoms with E-state index in [-0.39, 0.29) is 5.11 Å². The van der Waals surface area contributed by atoms with E-state index in [1.54, 1.807) is 36.4 Å². The summed E-state index contributed by atoms with van der Waals surface area (Å²) in [6.45, 7) is 0. The second-order valence-corrected chi connectivity index (χ2v) is 5.85. The zero-order valence-electron chi connectivity index (χ0n) is 12.9. The van der Waals surface area contributed by atoms with Crippen LogP contribution < -0.4 is 20.1 Å². The summed E-state index contributed by atoms with van der Waals surface area (Å²) in [5.74, 6) is 0.535. The maximum Gasteiger partial charge on any atom is 0.261 e. The fourth-order valence-corrected chi connectivity index (χ4v) is 2.56. The number of benzene rings is 2. The Morgan fingerprint density at radius 3 is 2.46 bits per heavy atom. The van der Waals surface area contributed by atoms with Gasteiger partial charge in [0.15, 0.2) is 5.11 Å². The van der Waals surface area contributed by atoms with Crippen molar-refractivity contribution in [3.8, 4) is 11.5 Å². The molecule has 1 amide bonds. The molecule has 0 aromatic heterocycles. The van der Waals surface area contributed by atoms with Gasteiger partial charge in [0.1, 0.15) is 11.5 Å². The number of amides is 1. The topological polar surface area (TPSA) is 59.6 Å². The van der Waals surface area contributed by atoms with Gasteiger partial charge in [0.25, 0.3) is 5.91 Å². The van der Waals surface area contributed by atoms with Crippen LogP contribution in [0, 0.1) is 0 Å². The van der Waals surface area contributed by atoms with E-state index in [2.05, 4.69) is 10.6 Å². The smallest absolute Gasteiger partial charge is 0.261 e. The van der Waals surface area contributed by atoms with Crippen molar-refractivity contribution >= 4 is 52.1 Å². The minimum absolute atomic E-state index is 0.0992. The Morgan fingerprint density at radius 2 is 1.83 bits per heavy atom. The zero-order chi connectivity index (χ0) is 17.7. The van der Waals surface area contributed by atoms with Crippen LogP contribution in [0.15, 0.2) is 36.4 Å². The predicted molar refractivity (Wildman–Crippen MR) is 99.7 cm³/mol. The average Bonchev–Trinajstić information content (AvgIpc) is 2.56. The van der Waals surface area contributed by atoms with Crippen molar-refractivity contribution in [2.24, 2.45) is 0 Å². The molecule has 2 N–H and O–H groups in total. The highest BCUT2D eigenvalue weighted by Crippen LogP contribution is 2.26. The summed E-state index contributed by atoms with van der Waals surface area (Å²) < 4.78 is 10.3. The molecule has 0 spiro atoms. The first-order valence-corrected chi connectivity index (χ1v) is 7.90. The van der Waals surface area contributed by atoms with Crippen molar-refractivity contribution in [2.75, 3.05) is 19.5 Å². The Hall–Kier alpha value is -2.02. The van der Waals surface area contributed by atoms with Crippen LogP contribution in [0.2, 0.25) is 10.0 Å². The summed E-state index contributed by atoms with van der Waals surface area (Å²) in [6, 6.07) is 9.75. The van der Waals surface area contributed by atoms with Crippen molar-refractivity contribution in [3.63, 3.8) is 0 Å². The number of anilines is 1. The fourth-order valence-electron chi connectivity index (χ4n) is 1.90. The second kappa shape index (κ2) is 8.19. The molecule has 0 fully saturated rings. The van der Waals surface area contributed by atoms with Gasteiger partial charge in [0.2, 0.25) is 0 Å². The lowest BCUT2D eigenvalue weighted by molar-refractivity contribution is 0.0974. The molecular weight excluding hydrogens is 371 g/mol. The Morgan fingerprint density at radius 1 is 1.08 bits per heavy atom. The van der Waals surface area contributed by atoms with Gasteiger partial charge in [-0.1, -0.05) is 23.2 Å². The van der Waals surface area contributed by atoms with E-state index in [9.17, 15) is 4.79 Å². The maximum absolute atomic E-state index is 12.4. The van der Waals surface area contributed by atoms with E-state index in [0.717, 1.165) is 0 Å². The summed E-state index contributed by atoms with van der Waals surface area (Å²) in [6.07, 6.45) is 0. The molecule has 2 aromatic carbocycles. The number of ether oxygens (including phenoxy) is 2. The summed E-state index contributed by atoms with van der Waals surface area (Å²) in [7, 11) is 3.00. The van der Waals surface area contributed by atoms with E-state index in [1.165, 1.54) is 14.2 Å². The van der Waals surface area contributed by atoms with Crippen molar-refractivity contribution in [2.45, 2.75) is 0 Å². The molecule has 0 heterocycles. The number of methoxy groups -OCH3 is 2. The molecule has 0 saturated heterocycles. The predicted octanol–water partition coefficient (Wildman–Crippen LogP) is 4.14. The van der Waals surface area contributed by atoms with E-state index in [1.807, 2.05) is 0 Å². The van der Waals surface area contributed by atoms with Crippen molar-refractivity contribution in [1.82, 2.24) is 5.32 Å². The third-order valence-electron chi connectivity index (χ3n) is 3.06. The summed E-state index contributed by atoms with van der Waals surface area (Å²) in [4.78, 5) is 12.4. The van der Waals surface area contributed by atoms with Gasteiger partial charge in [-0.25, -0.2) is 0 Å². The molecule has 2 aromatic rings. The van der Waals surface area contributed by atoms with Gasteiger partial charge in [0.05, 0.1) is 30.5 Å². The Kier molecular flexibility index (Phi) is 6.25. The molecule has 0 aliphatic carbocycles. The molecule has 0 saturated carbocycles. The highest BCUT2D eigenvalue weighted by atomic mass is 35.5. The number of hydrogen-bond donors (Lipinski definition) is 2. The molecule has 0 atom stereocenters. The van der Waals surface area contributed by atoms with Gasteiger partial charge in [-0.2, -0.15) is 0 Å². The largest absolute Gasteiger partial charge is 0.497 e. The SMILES string of the molecule is COc1ccc(C(=O)NC(=S)Nc2ccc(Cl)cc2Cl)c(OC)c1. The number of carbonyl (C=O) groups excluding carboxylic acids is 1. The van der Waals surface area contributed by atoms with Crippen LogP contribution in [0.25, 0.3) is 0 Å². The molecule has 0 aliphatic heterocycles. The van der Waals surface area contributed by atoms with Gasteiger partial charge in [-0.05, 0) is 42.5 Å². The van der Waals surface area contributed by atoms with Crippen LogP contribution >= 0.6 is 35.4 Å².